The summed E-state index contributed by atoms with van der Waals surface area (Å²) in [5, 5.41) is 2.77. The molecule has 12 heteroatoms. The number of piperazine rings is 1. The quantitative estimate of drug-likeness (QED) is 0.340. The van der Waals surface area contributed by atoms with E-state index in [-0.39, 0.29) is 42.3 Å². The number of carbonyl (C=O) groups excluding carboxylic acids is 3. The smallest absolute Gasteiger partial charge is 0.308 e. The summed E-state index contributed by atoms with van der Waals surface area (Å²) in [5.41, 5.74) is 0.933. The van der Waals surface area contributed by atoms with Crippen LogP contribution in [0.3, 0.4) is 0 Å². The zero-order valence-corrected chi connectivity index (χ0v) is 22.1. The lowest BCUT2D eigenvalue weighted by Crippen LogP contribution is -2.57. The van der Waals surface area contributed by atoms with E-state index in [1.807, 2.05) is 26.8 Å². The number of nitrogens with zero attached hydrogens (tertiary/aromatic N) is 4. The van der Waals surface area contributed by atoms with Crippen molar-refractivity contribution in [1.29, 1.82) is 0 Å². The second-order valence-corrected chi connectivity index (χ2v) is 10.4. The Morgan fingerprint density at radius 2 is 2.11 bits per heavy atom. The Hall–Kier alpha value is -3.25. The van der Waals surface area contributed by atoms with Gasteiger partial charge in [0.2, 0.25) is 5.91 Å². The van der Waals surface area contributed by atoms with Crippen LogP contribution in [-0.4, -0.2) is 68.2 Å². The van der Waals surface area contributed by atoms with Crippen LogP contribution in [0.1, 0.15) is 38.3 Å². The van der Waals surface area contributed by atoms with E-state index >= 15 is 0 Å². The largest absolute Gasteiger partial charge is 0.466 e. The van der Waals surface area contributed by atoms with Crippen molar-refractivity contribution in [2.45, 2.75) is 46.2 Å². The predicted octanol–water partition coefficient (Wildman–Crippen LogP) is 1.87. The van der Waals surface area contributed by atoms with E-state index in [9.17, 15) is 19.2 Å². The van der Waals surface area contributed by atoms with Crippen LogP contribution in [0.25, 0.3) is 11.7 Å². The molecule has 0 spiro atoms. The molecule has 0 radical (unpaired) electrons. The van der Waals surface area contributed by atoms with Crippen molar-refractivity contribution >= 4 is 63.6 Å². The van der Waals surface area contributed by atoms with E-state index in [1.54, 1.807) is 24.1 Å². The van der Waals surface area contributed by atoms with Crippen LogP contribution in [0.2, 0.25) is 0 Å². The number of esters is 1. The maximum atomic E-state index is 13.7. The molecule has 4 rings (SSSR count). The molecule has 1 atom stereocenters. The standard InChI is InChI=1S/C24H27N5O5S2/c1-5-34-18(30)12-16-21(31)25-8-10-27(16)20-15(11-17-23(33)29(13(2)3)24(35)36-17)22(32)28-9-6-7-14(4)19(28)26-20/h6-7,9,11,13,16H,5,8,10,12H2,1-4H3,(H,25,31)/b17-11-/t16-/m0/s1. The van der Waals surface area contributed by atoms with Crippen molar-refractivity contribution in [3.8, 4) is 0 Å². The first-order valence-electron chi connectivity index (χ1n) is 11.6. The van der Waals surface area contributed by atoms with Gasteiger partial charge in [-0.05, 0) is 45.4 Å². The first-order valence-corrected chi connectivity index (χ1v) is 12.9. The highest BCUT2D eigenvalue weighted by molar-refractivity contribution is 8.26. The van der Waals surface area contributed by atoms with Crippen molar-refractivity contribution < 1.29 is 19.1 Å². The minimum absolute atomic E-state index is 0.138. The van der Waals surface area contributed by atoms with Gasteiger partial charge in [-0.2, -0.15) is 0 Å². The molecular weight excluding hydrogens is 502 g/mol. The summed E-state index contributed by atoms with van der Waals surface area (Å²) in [7, 11) is 0. The normalized spacial score (nSPS) is 19.5. The maximum absolute atomic E-state index is 13.7. The summed E-state index contributed by atoms with van der Waals surface area (Å²) in [4.78, 5) is 60.2. The van der Waals surface area contributed by atoms with Crippen LogP contribution in [0.15, 0.2) is 28.0 Å². The molecule has 0 unspecified atom stereocenters. The number of anilines is 1. The third-order valence-electron chi connectivity index (χ3n) is 5.95. The average molecular weight is 530 g/mol. The first kappa shape index (κ1) is 25.8. The van der Waals surface area contributed by atoms with Crippen molar-refractivity contribution in [1.82, 2.24) is 19.6 Å². The van der Waals surface area contributed by atoms with Crippen LogP contribution in [0, 0.1) is 6.92 Å². The highest BCUT2D eigenvalue weighted by Crippen LogP contribution is 2.35. The Morgan fingerprint density at radius 1 is 1.36 bits per heavy atom. The SMILES string of the molecule is CCOC(=O)C[C@H]1C(=O)NCCN1c1nc2c(C)cccn2c(=O)c1/C=C1\SC(=S)N(C(C)C)C1=O. The maximum Gasteiger partial charge on any atom is 0.308 e. The van der Waals surface area contributed by atoms with Gasteiger partial charge in [0.1, 0.15) is 21.8 Å². The number of amides is 2. The van der Waals surface area contributed by atoms with Gasteiger partial charge in [0.25, 0.3) is 11.5 Å². The number of hydrogen-bond acceptors (Lipinski definition) is 9. The number of carbonyl (C=O) groups is 3. The zero-order valence-electron chi connectivity index (χ0n) is 20.4. The number of fused-ring (bicyclic) bond motifs is 1. The fraction of sp³-hybridized carbons (Fsp3) is 0.417. The molecule has 190 valence electrons. The number of aryl methyl sites for hydroxylation is 1. The van der Waals surface area contributed by atoms with Crippen LogP contribution >= 0.6 is 24.0 Å². The van der Waals surface area contributed by atoms with E-state index in [4.69, 9.17) is 21.9 Å². The van der Waals surface area contributed by atoms with E-state index in [1.165, 1.54) is 15.4 Å². The van der Waals surface area contributed by atoms with Crippen LogP contribution in [-0.2, 0) is 19.1 Å². The molecule has 36 heavy (non-hydrogen) atoms. The number of thiocarbonyl (C=S) groups is 1. The molecule has 2 fully saturated rings. The van der Waals surface area contributed by atoms with Gasteiger partial charge >= 0.3 is 5.97 Å². The average Bonchev–Trinajstić information content (AvgIpc) is 3.10. The van der Waals surface area contributed by atoms with Gasteiger partial charge in [-0.3, -0.25) is 28.5 Å². The van der Waals surface area contributed by atoms with Gasteiger partial charge < -0.3 is 15.0 Å². The summed E-state index contributed by atoms with van der Waals surface area (Å²) < 4.78 is 6.90. The van der Waals surface area contributed by atoms with Crippen molar-refractivity contribution in [2.24, 2.45) is 0 Å². The van der Waals surface area contributed by atoms with E-state index in [2.05, 4.69) is 5.32 Å². The predicted molar refractivity (Wildman–Crippen MR) is 142 cm³/mol. The van der Waals surface area contributed by atoms with Crippen molar-refractivity contribution in [3.63, 3.8) is 0 Å². The molecule has 2 amide bonds. The van der Waals surface area contributed by atoms with Gasteiger partial charge in [0, 0.05) is 25.3 Å². The van der Waals surface area contributed by atoms with E-state index in [0.29, 0.717) is 28.0 Å². The first-order chi connectivity index (χ1) is 17.1. The molecule has 1 N–H and O–H groups in total. The molecule has 2 aromatic rings. The molecule has 2 aromatic heterocycles. The Kier molecular flexibility index (Phi) is 7.46. The Balaban J connectivity index is 1.91. The van der Waals surface area contributed by atoms with Crippen molar-refractivity contribution in [2.75, 3.05) is 24.6 Å². The van der Waals surface area contributed by atoms with Crippen LogP contribution in [0.5, 0.6) is 0 Å². The van der Waals surface area contributed by atoms with Crippen molar-refractivity contribution in [3.05, 3.63) is 44.7 Å². The molecule has 0 bridgehead atoms. The van der Waals surface area contributed by atoms with Gasteiger partial charge in [0.05, 0.1) is 23.5 Å². The monoisotopic (exact) mass is 529 g/mol. The molecule has 4 heterocycles. The minimum Gasteiger partial charge on any atom is -0.466 e. The highest BCUT2D eigenvalue weighted by atomic mass is 32.2. The van der Waals surface area contributed by atoms with Gasteiger partial charge in [-0.25, -0.2) is 4.98 Å². The molecule has 10 nitrogen and oxygen atoms in total. The number of nitrogens with one attached hydrogen (secondary N) is 1. The summed E-state index contributed by atoms with van der Waals surface area (Å²) >= 11 is 6.51. The molecule has 2 aliphatic heterocycles. The Morgan fingerprint density at radius 3 is 2.78 bits per heavy atom. The fourth-order valence-electron chi connectivity index (χ4n) is 4.25. The number of aromatic nitrogens is 2. The highest BCUT2D eigenvalue weighted by Gasteiger charge is 2.37. The van der Waals surface area contributed by atoms with Gasteiger partial charge in [0.15, 0.2) is 0 Å². The third-order valence-corrected chi connectivity index (χ3v) is 7.28. The van der Waals surface area contributed by atoms with E-state index < -0.39 is 17.6 Å². The summed E-state index contributed by atoms with van der Waals surface area (Å²) in [6.45, 7) is 8.06. The lowest BCUT2D eigenvalue weighted by Gasteiger charge is -2.36. The lowest BCUT2D eigenvalue weighted by molar-refractivity contribution is -0.145. The molecule has 2 aliphatic rings. The number of ether oxygens (including phenoxy) is 1. The summed E-state index contributed by atoms with van der Waals surface area (Å²) in [6.07, 6.45) is 2.90. The molecular formula is C24H27N5O5S2. The van der Waals surface area contributed by atoms with Crippen LogP contribution < -0.4 is 15.8 Å². The summed E-state index contributed by atoms with van der Waals surface area (Å²) in [6, 6.07) is 2.51. The second kappa shape index (κ2) is 10.4. The van der Waals surface area contributed by atoms with Crippen LogP contribution in [0.4, 0.5) is 5.82 Å². The molecule has 0 saturated carbocycles. The Labute approximate surface area is 217 Å². The minimum atomic E-state index is -0.923. The third kappa shape index (κ3) is 4.74. The van der Waals surface area contributed by atoms with Gasteiger partial charge in [-0.1, -0.05) is 30.0 Å². The Bertz CT molecular complexity index is 1350. The summed E-state index contributed by atoms with van der Waals surface area (Å²) in [5.74, 6) is -0.955. The van der Waals surface area contributed by atoms with Gasteiger partial charge in [-0.15, -0.1) is 0 Å². The molecule has 2 saturated heterocycles. The second-order valence-electron chi connectivity index (χ2n) is 8.69. The number of pyridine rings is 1. The van der Waals surface area contributed by atoms with E-state index in [0.717, 1.165) is 17.3 Å². The molecule has 0 aromatic carbocycles. The number of thioether (sulfide) groups is 1. The topological polar surface area (TPSA) is 113 Å². The zero-order chi connectivity index (χ0) is 26.1. The molecule has 0 aliphatic carbocycles. The number of rotatable bonds is 6. The number of hydrogen-bond donors (Lipinski definition) is 1. The fourth-order valence-corrected chi connectivity index (χ4v) is 5.76. The lowest BCUT2D eigenvalue weighted by atomic mass is 10.1.